The predicted molar refractivity (Wildman–Crippen MR) is 120 cm³/mol. The van der Waals surface area contributed by atoms with Crippen molar-refractivity contribution in [1.29, 1.82) is 0 Å². The van der Waals surface area contributed by atoms with E-state index in [0.29, 0.717) is 22.8 Å². The normalized spacial score (nSPS) is 23.9. The third-order valence-corrected chi connectivity index (χ3v) is 7.67. The van der Waals surface area contributed by atoms with Crippen molar-refractivity contribution in [2.75, 3.05) is 12.4 Å². The molecule has 2 aromatic rings. The van der Waals surface area contributed by atoms with Crippen LogP contribution in [0.2, 0.25) is 0 Å². The van der Waals surface area contributed by atoms with Crippen LogP contribution in [0.25, 0.3) is 0 Å². The molecule has 0 aromatic heterocycles. The molecular weight excluding hydrogens is 480 g/mol. The van der Waals surface area contributed by atoms with Gasteiger partial charge in [-0.05, 0) is 42.6 Å². The number of nitrogens with zero attached hydrogens (tertiary/aromatic N) is 1. The number of methoxy groups -OCH3 is 1. The molecule has 3 N–H and O–H groups in total. The van der Waals surface area contributed by atoms with Gasteiger partial charge in [0.1, 0.15) is 4.75 Å². The number of alkyl halides is 3. The Kier molecular flexibility index (Phi) is 6.28. The second kappa shape index (κ2) is 8.77. The number of hydrogen-bond donors (Lipinski definition) is 3. The van der Waals surface area contributed by atoms with Gasteiger partial charge in [-0.25, -0.2) is 4.39 Å². The SMILES string of the molecule is COc1c([C@@H]2C[C@](C)(C(F)(F)F)S[C@H]2C(=O)Nc2ccc3c(c2)B(O)NN=C3)ccc(F)c1F. The Morgan fingerprint density at radius 2 is 2.06 bits per heavy atom. The zero-order valence-electron chi connectivity index (χ0n) is 17.9. The Labute approximate surface area is 196 Å². The van der Waals surface area contributed by atoms with Crippen molar-refractivity contribution in [2.45, 2.75) is 35.4 Å². The maximum Gasteiger partial charge on any atom is 0.464 e. The number of nitrogens with one attached hydrogen (secondary N) is 2. The lowest BCUT2D eigenvalue weighted by Gasteiger charge is -2.26. The highest BCUT2D eigenvalue weighted by Gasteiger charge is 2.60. The molecule has 0 bridgehead atoms. The van der Waals surface area contributed by atoms with Gasteiger partial charge >= 0.3 is 13.2 Å². The molecule has 3 atom stereocenters. The van der Waals surface area contributed by atoms with Gasteiger partial charge in [-0.3, -0.25) is 4.79 Å². The molecule has 0 unspecified atom stereocenters. The van der Waals surface area contributed by atoms with Crippen LogP contribution in [0.1, 0.15) is 30.4 Å². The number of anilines is 1. The largest absolute Gasteiger partial charge is 0.493 e. The van der Waals surface area contributed by atoms with Crippen LogP contribution in [-0.2, 0) is 4.79 Å². The highest BCUT2D eigenvalue weighted by atomic mass is 32.2. The van der Waals surface area contributed by atoms with Crippen LogP contribution >= 0.6 is 11.8 Å². The molecule has 34 heavy (non-hydrogen) atoms. The van der Waals surface area contributed by atoms with E-state index in [-0.39, 0.29) is 11.3 Å². The first-order valence-corrected chi connectivity index (χ1v) is 11.0. The summed E-state index contributed by atoms with van der Waals surface area (Å²) >= 11 is 0.417. The second-order valence-corrected chi connectivity index (χ2v) is 9.83. The van der Waals surface area contributed by atoms with E-state index in [0.717, 1.165) is 26.2 Å². The summed E-state index contributed by atoms with van der Waals surface area (Å²) in [5, 5.41) is 17.6. The highest BCUT2D eigenvalue weighted by Crippen LogP contribution is 2.59. The molecule has 4 rings (SSSR count). The fourth-order valence-electron chi connectivity index (χ4n) is 4.14. The van der Waals surface area contributed by atoms with Gasteiger partial charge in [0.15, 0.2) is 11.6 Å². The number of hydrogen-bond acceptors (Lipinski definition) is 6. The molecular formula is C21H19BF5N3O3S. The van der Waals surface area contributed by atoms with E-state index in [1.54, 1.807) is 6.07 Å². The minimum atomic E-state index is -4.66. The van der Waals surface area contributed by atoms with Gasteiger partial charge in [0.05, 0.1) is 18.6 Å². The molecule has 1 amide bonds. The molecule has 0 radical (unpaired) electrons. The maximum atomic E-state index is 14.3. The van der Waals surface area contributed by atoms with Gasteiger partial charge in [-0.15, -0.1) is 11.8 Å². The van der Waals surface area contributed by atoms with Gasteiger partial charge in [0.2, 0.25) is 11.7 Å². The number of hydrazone groups is 1. The number of carbonyl (C=O) groups excluding carboxylic acids is 1. The van der Waals surface area contributed by atoms with Crippen molar-refractivity contribution in [3.63, 3.8) is 0 Å². The molecule has 0 saturated carbocycles. The molecule has 180 valence electrons. The summed E-state index contributed by atoms with van der Waals surface area (Å²) < 4.78 is 72.4. The first-order chi connectivity index (χ1) is 15.9. The van der Waals surface area contributed by atoms with Gasteiger partial charge in [0, 0.05) is 17.2 Å². The summed E-state index contributed by atoms with van der Waals surface area (Å²) in [6.07, 6.45) is -3.72. The monoisotopic (exact) mass is 499 g/mol. The zero-order chi connectivity index (χ0) is 24.8. The third-order valence-electron chi connectivity index (χ3n) is 5.95. The standard InChI is InChI=1S/C21H19BF5N3O3S/c1-20(21(25,26)27)8-13(12-5-6-15(23)16(24)17(12)33-2)18(34-20)19(31)29-11-4-3-10-9-28-30-22(32)14(10)7-11/h3-7,9,13,18,30,32H,8H2,1-2H3,(H,29,31)/t13-,18+,20+/m0/s1. The van der Waals surface area contributed by atoms with Crippen LogP contribution < -0.4 is 20.9 Å². The minimum Gasteiger partial charge on any atom is -0.493 e. The van der Waals surface area contributed by atoms with Gasteiger partial charge in [0.25, 0.3) is 0 Å². The van der Waals surface area contributed by atoms with Crippen LogP contribution in [0.4, 0.5) is 27.6 Å². The second-order valence-electron chi connectivity index (χ2n) is 8.18. The van der Waals surface area contributed by atoms with E-state index in [1.807, 2.05) is 0 Å². The lowest BCUT2D eigenvalue weighted by molar-refractivity contribution is -0.155. The van der Waals surface area contributed by atoms with Crippen LogP contribution in [0.3, 0.4) is 0 Å². The molecule has 2 aliphatic rings. The van der Waals surface area contributed by atoms with Crippen molar-refractivity contribution >= 4 is 42.1 Å². The Balaban J connectivity index is 1.69. The van der Waals surface area contributed by atoms with E-state index < -0.39 is 58.9 Å². The Bertz CT molecular complexity index is 1170. The molecule has 6 nitrogen and oxygen atoms in total. The van der Waals surface area contributed by atoms with Crippen molar-refractivity contribution in [3.8, 4) is 5.75 Å². The fourth-order valence-corrected chi connectivity index (χ4v) is 5.69. The average molecular weight is 499 g/mol. The summed E-state index contributed by atoms with van der Waals surface area (Å²) in [5.74, 6) is -4.93. The van der Waals surface area contributed by atoms with E-state index in [9.17, 15) is 31.8 Å². The van der Waals surface area contributed by atoms with Crippen LogP contribution in [-0.4, -0.2) is 47.5 Å². The van der Waals surface area contributed by atoms with Crippen molar-refractivity contribution in [3.05, 3.63) is 53.1 Å². The molecule has 13 heteroatoms. The van der Waals surface area contributed by atoms with Gasteiger partial charge in [-0.2, -0.15) is 22.7 Å². The van der Waals surface area contributed by atoms with Crippen LogP contribution in [0, 0.1) is 11.6 Å². The van der Waals surface area contributed by atoms with Crippen molar-refractivity contribution in [2.24, 2.45) is 5.10 Å². The van der Waals surface area contributed by atoms with E-state index in [1.165, 1.54) is 18.3 Å². The number of amides is 1. The summed E-state index contributed by atoms with van der Waals surface area (Å²) in [4.78, 5) is 13.2. The summed E-state index contributed by atoms with van der Waals surface area (Å²) in [6, 6.07) is 6.54. The van der Waals surface area contributed by atoms with Gasteiger partial charge in [-0.1, -0.05) is 12.1 Å². The number of ether oxygens (including phenoxy) is 1. The zero-order valence-corrected chi connectivity index (χ0v) is 18.7. The highest BCUT2D eigenvalue weighted by molar-refractivity contribution is 8.02. The molecule has 1 fully saturated rings. The Morgan fingerprint density at radius 1 is 1.32 bits per heavy atom. The van der Waals surface area contributed by atoms with E-state index in [2.05, 4.69) is 15.8 Å². The minimum absolute atomic E-state index is 0.0247. The maximum absolute atomic E-state index is 14.3. The van der Waals surface area contributed by atoms with Crippen molar-refractivity contribution in [1.82, 2.24) is 5.34 Å². The quantitative estimate of drug-likeness (QED) is 0.445. The van der Waals surface area contributed by atoms with Crippen LogP contribution in [0.15, 0.2) is 35.4 Å². The van der Waals surface area contributed by atoms with E-state index >= 15 is 0 Å². The number of benzene rings is 2. The smallest absolute Gasteiger partial charge is 0.464 e. The average Bonchev–Trinajstić information content (AvgIpc) is 3.15. The number of halogens is 5. The topological polar surface area (TPSA) is 83.0 Å². The Hall–Kier alpha value is -2.80. The summed E-state index contributed by atoms with van der Waals surface area (Å²) in [7, 11) is -0.0394. The van der Waals surface area contributed by atoms with Crippen molar-refractivity contribution < 1.29 is 36.5 Å². The van der Waals surface area contributed by atoms with Gasteiger partial charge < -0.3 is 20.4 Å². The van der Waals surface area contributed by atoms with E-state index in [4.69, 9.17) is 4.74 Å². The number of fused-ring (bicyclic) bond motifs is 1. The van der Waals surface area contributed by atoms with Crippen LogP contribution in [0.5, 0.6) is 5.75 Å². The fraction of sp³-hybridized carbons (Fsp3) is 0.333. The first kappa shape index (κ1) is 24.3. The number of rotatable bonds is 4. The molecule has 2 aliphatic heterocycles. The number of thioether (sulfide) groups is 1. The molecule has 0 spiro atoms. The lowest BCUT2D eigenvalue weighted by atomic mass is 9.71. The Morgan fingerprint density at radius 3 is 2.74 bits per heavy atom. The molecule has 2 heterocycles. The lowest BCUT2D eigenvalue weighted by Crippen LogP contribution is -2.47. The third kappa shape index (κ3) is 4.22. The molecule has 0 aliphatic carbocycles. The molecule has 1 saturated heterocycles. The number of carbonyl (C=O) groups is 1. The first-order valence-electron chi connectivity index (χ1n) is 10.1. The summed E-state index contributed by atoms with van der Waals surface area (Å²) in [5.41, 5.74) is 1.25. The summed E-state index contributed by atoms with van der Waals surface area (Å²) in [6.45, 7) is 0.977. The molecule has 2 aromatic carbocycles. The predicted octanol–water partition coefficient (Wildman–Crippen LogP) is 3.15.